The van der Waals surface area contributed by atoms with Crippen molar-refractivity contribution in [3.8, 4) is 23.1 Å². The summed E-state index contributed by atoms with van der Waals surface area (Å²) in [5.41, 5.74) is 1.65. The number of aromatic nitrogens is 4. The van der Waals surface area contributed by atoms with E-state index in [2.05, 4.69) is 15.2 Å². The highest BCUT2D eigenvalue weighted by Crippen LogP contribution is 2.23. The summed E-state index contributed by atoms with van der Waals surface area (Å²) in [6.45, 7) is 2.16. The van der Waals surface area contributed by atoms with Crippen LogP contribution in [0.3, 0.4) is 0 Å². The summed E-state index contributed by atoms with van der Waals surface area (Å²) in [5, 5.41) is 7.60. The Kier molecular flexibility index (Phi) is 3.59. The summed E-state index contributed by atoms with van der Waals surface area (Å²) in [5.74, 6) is 2.48. The van der Waals surface area contributed by atoms with Crippen LogP contribution in [0.2, 0.25) is 0 Å². The molecule has 120 valence electrons. The van der Waals surface area contributed by atoms with E-state index in [1.54, 1.807) is 31.1 Å². The van der Waals surface area contributed by atoms with Crippen molar-refractivity contribution < 1.29 is 13.6 Å². The van der Waals surface area contributed by atoms with Gasteiger partial charge in [-0.15, -0.1) is 10.2 Å². The van der Waals surface area contributed by atoms with Crippen LogP contribution in [-0.4, -0.2) is 19.7 Å². The molecule has 0 saturated carbocycles. The maximum absolute atomic E-state index is 5.84. The number of hydrogen-bond acceptors (Lipinski definition) is 6. The van der Waals surface area contributed by atoms with E-state index in [1.165, 1.54) is 0 Å². The monoisotopic (exact) mass is 322 g/mol. The average molecular weight is 322 g/mol. The van der Waals surface area contributed by atoms with Crippen LogP contribution in [0.1, 0.15) is 11.5 Å². The molecule has 0 N–H and O–H groups in total. The van der Waals surface area contributed by atoms with Gasteiger partial charge in [0.25, 0.3) is 5.89 Å². The van der Waals surface area contributed by atoms with E-state index in [4.69, 9.17) is 13.6 Å². The second-order valence-corrected chi connectivity index (χ2v) is 5.15. The molecule has 0 amide bonds. The van der Waals surface area contributed by atoms with E-state index in [-0.39, 0.29) is 0 Å². The minimum Gasteiger partial charge on any atom is -0.487 e. The number of hydrogen-bond donors (Lipinski definition) is 0. The molecule has 0 spiro atoms. The molecule has 0 aliphatic carbocycles. The first kappa shape index (κ1) is 14.3. The molecule has 0 radical (unpaired) electrons. The summed E-state index contributed by atoms with van der Waals surface area (Å²) < 4.78 is 18.6. The molecule has 0 unspecified atom stereocenters. The Morgan fingerprint density at radius 1 is 1.12 bits per heavy atom. The molecule has 4 aromatic rings. The van der Waals surface area contributed by atoms with Crippen molar-refractivity contribution in [2.45, 2.75) is 13.5 Å². The minimum atomic E-state index is 0.307. The number of furan rings is 1. The molecule has 0 saturated heterocycles. The zero-order valence-corrected chi connectivity index (χ0v) is 12.9. The number of ether oxygens (including phenoxy) is 1. The van der Waals surface area contributed by atoms with Gasteiger partial charge in [0.15, 0.2) is 5.76 Å². The molecule has 0 atom stereocenters. The highest BCUT2D eigenvalue weighted by molar-refractivity contribution is 5.44. The second kappa shape index (κ2) is 6.04. The minimum absolute atomic E-state index is 0.307. The molecular weight excluding hydrogens is 308 g/mol. The molecule has 3 heterocycles. The van der Waals surface area contributed by atoms with Gasteiger partial charge >= 0.3 is 0 Å². The maximum atomic E-state index is 5.84. The topological polar surface area (TPSA) is 79.1 Å². The highest BCUT2D eigenvalue weighted by atomic mass is 16.5. The predicted octanol–water partition coefficient (Wildman–Crippen LogP) is 3.40. The van der Waals surface area contributed by atoms with Crippen LogP contribution in [0.4, 0.5) is 0 Å². The molecule has 1 aromatic carbocycles. The van der Waals surface area contributed by atoms with Crippen molar-refractivity contribution in [1.82, 2.24) is 19.7 Å². The van der Waals surface area contributed by atoms with Gasteiger partial charge in [0.2, 0.25) is 0 Å². The summed E-state index contributed by atoms with van der Waals surface area (Å²) in [7, 11) is 0. The Morgan fingerprint density at radius 3 is 2.79 bits per heavy atom. The quantitative estimate of drug-likeness (QED) is 0.560. The van der Waals surface area contributed by atoms with E-state index in [9.17, 15) is 0 Å². The van der Waals surface area contributed by atoms with Crippen molar-refractivity contribution in [2.24, 2.45) is 0 Å². The fourth-order valence-corrected chi connectivity index (χ4v) is 2.29. The second-order valence-electron chi connectivity index (χ2n) is 5.15. The van der Waals surface area contributed by atoms with Crippen molar-refractivity contribution in [1.29, 1.82) is 0 Å². The standard InChI is InChI=1S/C17H14N4O3/c1-12-15(20-17(24-12)16-6-3-7-22-16)9-23-14-5-2-4-13(8-14)21-10-18-19-11-21/h2-8,10-11H,9H2,1H3. The van der Waals surface area contributed by atoms with Crippen molar-refractivity contribution in [2.75, 3.05) is 0 Å². The van der Waals surface area contributed by atoms with Crippen LogP contribution in [0.15, 0.2) is 64.2 Å². The summed E-state index contributed by atoms with van der Waals surface area (Å²) >= 11 is 0. The first-order valence-corrected chi connectivity index (χ1v) is 7.37. The molecule has 7 nitrogen and oxygen atoms in total. The summed E-state index contributed by atoms with van der Waals surface area (Å²) in [6, 6.07) is 11.3. The smallest absolute Gasteiger partial charge is 0.263 e. The SMILES string of the molecule is Cc1oc(-c2ccco2)nc1COc1cccc(-n2cnnc2)c1. The average Bonchev–Trinajstić information content (AvgIpc) is 3.35. The lowest BCUT2D eigenvalue weighted by Gasteiger charge is -2.07. The third kappa shape index (κ3) is 2.79. The van der Waals surface area contributed by atoms with Gasteiger partial charge in [0.1, 0.15) is 36.5 Å². The molecule has 0 aliphatic rings. The van der Waals surface area contributed by atoms with Gasteiger partial charge in [-0.05, 0) is 31.2 Å². The number of aryl methyl sites for hydroxylation is 1. The van der Waals surface area contributed by atoms with Gasteiger partial charge < -0.3 is 13.6 Å². The fourth-order valence-electron chi connectivity index (χ4n) is 2.29. The molecular formula is C17H14N4O3. The van der Waals surface area contributed by atoms with Gasteiger partial charge in [-0.3, -0.25) is 4.57 Å². The van der Waals surface area contributed by atoms with E-state index < -0.39 is 0 Å². The van der Waals surface area contributed by atoms with Crippen LogP contribution >= 0.6 is 0 Å². The molecule has 0 fully saturated rings. The number of oxazole rings is 1. The summed E-state index contributed by atoms with van der Waals surface area (Å²) in [4.78, 5) is 4.43. The largest absolute Gasteiger partial charge is 0.487 e. The van der Waals surface area contributed by atoms with Crippen molar-refractivity contribution >= 4 is 0 Å². The lowest BCUT2D eigenvalue weighted by Crippen LogP contribution is -1.98. The van der Waals surface area contributed by atoms with Crippen LogP contribution in [0.5, 0.6) is 5.75 Å². The lowest BCUT2D eigenvalue weighted by molar-refractivity contribution is 0.299. The maximum Gasteiger partial charge on any atom is 0.263 e. The highest BCUT2D eigenvalue weighted by Gasteiger charge is 2.14. The Hall–Kier alpha value is -3.35. The first-order chi connectivity index (χ1) is 11.8. The van der Waals surface area contributed by atoms with Gasteiger partial charge in [0, 0.05) is 6.07 Å². The van der Waals surface area contributed by atoms with Crippen LogP contribution in [0, 0.1) is 6.92 Å². The Labute approximate surface area is 137 Å². The summed E-state index contributed by atoms with van der Waals surface area (Å²) in [6.07, 6.45) is 4.86. The molecule has 0 aliphatic heterocycles. The van der Waals surface area contributed by atoms with E-state index >= 15 is 0 Å². The number of benzene rings is 1. The Balaban J connectivity index is 1.50. The predicted molar refractivity (Wildman–Crippen MR) is 84.6 cm³/mol. The van der Waals surface area contributed by atoms with Crippen LogP contribution in [0.25, 0.3) is 17.3 Å². The van der Waals surface area contributed by atoms with Gasteiger partial charge in [-0.25, -0.2) is 4.98 Å². The molecule has 24 heavy (non-hydrogen) atoms. The lowest BCUT2D eigenvalue weighted by atomic mass is 10.3. The third-order valence-corrected chi connectivity index (χ3v) is 3.53. The zero-order valence-electron chi connectivity index (χ0n) is 12.9. The van der Waals surface area contributed by atoms with Gasteiger partial charge in [-0.1, -0.05) is 6.07 Å². The first-order valence-electron chi connectivity index (χ1n) is 7.37. The molecule has 7 heteroatoms. The van der Waals surface area contributed by atoms with Gasteiger partial charge in [-0.2, -0.15) is 0 Å². The van der Waals surface area contributed by atoms with Crippen LogP contribution < -0.4 is 4.74 Å². The zero-order chi connectivity index (χ0) is 16.4. The van der Waals surface area contributed by atoms with Crippen molar-refractivity contribution in [3.63, 3.8) is 0 Å². The number of nitrogens with zero attached hydrogens (tertiary/aromatic N) is 4. The number of rotatable bonds is 5. The Morgan fingerprint density at radius 2 is 2.00 bits per heavy atom. The van der Waals surface area contributed by atoms with E-state index in [1.807, 2.05) is 35.8 Å². The fraction of sp³-hybridized carbons (Fsp3) is 0.118. The molecule has 4 rings (SSSR count). The van der Waals surface area contributed by atoms with E-state index in [0.717, 1.165) is 17.1 Å². The van der Waals surface area contributed by atoms with E-state index in [0.29, 0.717) is 24.0 Å². The Bertz CT molecular complexity index is 927. The third-order valence-electron chi connectivity index (χ3n) is 3.53. The normalized spacial score (nSPS) is 10.9. The van der Waals surface area contributed by atoms with Gasteiger partial charge in [0.05, 0.1) is 12.0 Å². The molecule has 0 bridgehead atoms. The van der Waals surface area contributed by atoms with Crippen molar-refractivity contribution in [3.05, 3.63) is 66.8 Å². The molecule has 3 aromatic heterocycles. The van der Waals surface area contributed by atoms with Crippen LogP contribution in [-0.2, 0) is 6.61 Å².